The number of sulfone groups is 1. The number of likely N-dealkylation sites (tertiary alicyclic amines) is 1. The van der Waals surface area contributed by atoms with Crippen LogP contribution < -0.4 is 21.3 Å². The Morgan fingerprint density at radius 3 is 2.06 bits per heavy atom. The number of hydrogen-bond donors (Lipinski definition) is 4. The summed E-state index contributed by atoms with van der Waals surface area (Å²) in [5, 5.41) is 11.2. The van der Waals surface area contributed by atoms with Crippen LogP contribution in [0.15, 0.2) is 0 Å². The molecule has 6 fully saturated rings. The zero-order valence-electron chi connectivity index (χ0n) is 30.5. The van der Waals surface area contributed by atoms with Crippen LogP contribution in [-0.4, -0.2) is 90.1 Å². The molecule has 2 aliphatic heterocycles. The quantitative estimate of drug-likeness (QED) is 0.224. The van der Waals surface area contributed by atoms with Crippen LogP contribution in [0.25, 0.3) is 0 Å². The molecule has 4 N–H and O–H groups in total. The Morgan fingerprint density at radius 1 is 0.840 bits per heavy atom. The monoisotopic (exact) mass is 717 g/mol. The first-order valence-corrected chi connectivity index (χ1v) is 21.1. The Balaban J connectivity index is 1.24. The van der Waals surface area contributed by atoms with Crippen LogP contribution in [-0.2, 0) is 29.0 Å². The number of carbonyl (C=O) groups excluding carboxylic acids is 5. The summed E-state index contributed by atoms with van der Waals surface area (Å²) >= 11 is 0. The summed E-state index contributed by atoms with van der Waals surface area (Å²) in [4.78, 5) is 70.7. The van der Waals surface area contributed by atoms with Crippen LogP contribution in [0.1, 0.15) is 130 Å². The summed E-state index contributed by atoms with van der Waals surface area (Å²) in [5.74, 6) is -1.99. The number of nitrogens with one attached hydrogen (secondary N) is 4. The van der Waals surface area contributed by atoms with Crippen molar-refractivity contribution in [2.45, 2.75) is 165 Å². The van der Waals surface area contributed by atoms with Crippen molar-refractivity contribution in [3.8, 4) is 0 Å². The summed E-state index contributed by atoms with van der Waals surface area (Å²) < 4.78 is 26.3. The van der Waals surface area contributed by atoms with Crippen molar-refractivity contribution in [3.63, 3.8) is 0 Å². The normalized spacial score (nSPS) is 31.4. The predicted octanol–water partition coefficient (Wildman–Crippen LogP) is 3.52. The first-order valence-electron chi connectivity index (χ1n) is 19.4. The number of rotatable bonds is 12. The molecule has 0 bridgehead atoms. The molecule has 4 aliphatic carbocycles. The van der Waals surface area contributed by atoms with E-state index in [1.807, 2.05) is 13.8 Å². The van der Waals surface area contributed by atoms with Crippen LogP contribution in [0.4, 0.5) is 4.79 Å². The zero-order valence-corrected chi connectivity index (χ0v) is 31.3. The van der Waals surface area contributed by atoms with Gasteiger partial charge in [-0.3, -0.25) is 19.2 Å². The lowest BCUT2D eigenvalue weighted by atomic mass is 9.70. The molecule has 2 saturated heterocycles. The van der Waals surface area contributed by atoms with Gasteiger partial charge in [-0.15, -0.1) is 0 Å². The molecular formula is C37H59N5O7S. The maximum absolute atomic E-state index is 14.9. The molecule has 0 spiro atoms. The van der Waals surface area contributed by atoms with Crippen LogP contribution in [0.5, 0.6) is 0 Å². The molecule has 280 valence electrons. The van der Waals surface area contributed by atoms with Crippen molar-refractivity contribution in [2.24, 2.45) is 22.7 Å². The molecule has 5 amide bonds. The van der Waals surface area contributed by atoms with Gasteiger partial charge in [0.1, 0.15) is 12.1 Å². The zero-order chi connectivity index (χ0) is 36.1. The second-order valence-corrected chi connectivity index (χ2v) is 19.6. The largest absolute Gasteiger partial charge is 0.347 e. The van der Waals surface area contributed by atoms with Crippen LogP contribution in [0, 0.1) is 22.7 Å². The fraction of sp³-hybridized carbons (Fsp3) is 0.865. The lowest BCUT2D eigenvalue weighted by Crippen LogP contribution is -2.66. The van der Waals surface area contributed by atoms with E-state index in [1.165, 1.54) is 0 Å². The highest BCUT2D eigenvalue weighted by Gasteiger charge is 2.70. The van der Waals surface area contributed by atoms with E-state index in [2.05, 4.69) is 35.1 Å². The number of carbonyl (C=O) groups is 5. The molecule has 6 rings (SSSR count). The van der Waals surface area contributed by atoms with Crippen molar-refractivity contribution < 1.29 is 32.4 Å². The van der Waals surface area contributed by atoms with Crippen molar-refractivity contribution in [1.82, 2.24) is 26.2 Å². The maximum Gasteiger partial charge on any atom is 0.315 e. The van der Waals surface area contributed by atoms with Gasteiger partial charge in [-0.1, -0.05) is 72.6 Å². The topological polar surface area (TPSA) is 171 Å². The summed E-state index contributed by atoms with van der Waals surface area (Å²) in [6, 6.07) is -3.26. The van der Waals surface area contributed by atoms with Crippen molar-refractivity contribution in [3.05, 3.63) is 0 Å². The average molecular weight is 718 g/mol. The van der Waals surface area contributed by atoms with Gasteiger partial charge in [0.15, 0.2) is 9.84 Å². The number of ketones is 1. The van der Waals surface area contributed by atoms with E-state index < -0.39 is 67.8 Å². The minimum absolute atomic E-state index is 0.0127. The van der Waals surface area contributed by atoms with E-state index in [-0.39, 0.29) is 35.0 Å². The third kappa shape index (κ3) is 7.18. The van der Waals surface area contributed by atoms with E-state index in [9.17, 15) is 32.4 Å². The van der Waals surface area contributed by atoms with E-state index >= 15 is 0 Å². The van der Waals surface area contributed by atoms with E-state index in [0.29, 0.717) is 45.1 Å². The Labute approximate surface area is 297 Å². The summed E-state index contributed by atoms with van der Waals surface area (Å²) in [6.07, 6.45) is 11.9. The molecule has 50 heavy (non-hydrogen) atoms. The molecule has 6 aliphatic rings. The molecule has 6 atom stereocenters. The minimum Gasteiger partial charge on any atom is -0.347 e. The lowest BCUT2D eigenvalue weighted by Gasteiger charge is -2.45. The SMILES string of the molecule is CCC[C@H](NC(=O)[C@@H]1[C@@H]2[C@H](CN1C(=O)[C@@H](NC(=O)NC1([C@H]3CCCS3(=O)=O)CCCCC1)C1(C)CCCCC1)C2(C)C)C(=O)C(=O)NC1CC1. The average Bonchev–Trinajstić information content (AvgIpc) is 3.85. The number of piperidine rings is 1. The standard InChI is InChI=1S/C37H59N5O7S/c1-5-13-25(29(43)32(45)38-23-15-16-23)39-31(44)28-27-24(35(27,2)3)22-42(28)33(46)30(36(4)17-8-6-9-18-36)40-34(47)41-37(19-10-7-11-20-37)26-14-12-21-50(26,48)49/h23-28,30H,5-22H2,1-4H3,(H,38,45)(H,39,44)(H2,40,41,47)/t24-,25-,26+,27-,28-,30+/m0/s1. The molecule has 0 unspecified atom stereocenters. The number of fused-ring (bicyclic) bond motifs is 1. The Morgan fingerprint density at radius 2 is 1.48 bits per heavy atom. The third-order valence-corrected chi connectivity index (χ3v) is 15.8. The third-order valence-electron chi connectivity index (χ3n) is 13.4. The summed E-state index contributed by atoms with van der Waals surface area (Å²) in [5.41, 5.74) is -1.61. The van der Waals surface area contributed by atoms with E-state index in [0.717, 1.165) is 64.2 Å². The summed E-state index contributed by atoms with van der Waals surface area (Å²) in [6.45, 7) is 8.48. The molecular weight excluding hydrogens is 659 g/mol. The highest BCUT2D eigenvalue weighted by Crippen LogP contribution is 2.65. The van der Waals surface area contributed by atoms with Gasteiger partial charge in [0.2, 0.25) is 17.6 Å². The molecule has 0 aromatic heterocycles. The van der Waals surface area contributed by atoms with E-state index in [1.54, 1.807) is 4.90 Å². The van der Waals surface area contributed by atoms with Crippen LogP contribution in [0.2, 0.25) is 0 Å². The van der Waals surface area contributed by atoms with Gasteiger partial charge in [-0.25, -0.2) is 13.2 Å². The lowest BCUT2D eigenvalue weighted by molar-refractivity contribution is -0.146. The molecule has 12 nitrogen and oxygen atoms in total. The van der Waals surface area contributed by atoms with Crippen LogP contribution in [0.3, 0.4) is 0 Å². The van der Waals surface area contributed by atoms with Gasteiger partial charge in [0.05, 0.1) is 22.6 Å². The summed E-state index contributed by atoms with van der Waals surface area (Å²) in [7, 11) is -3.35. The Hall–Kier alpha value is -2.70. The van der Waals surface area contributed by atoms with Gasteiger partial charge in [0.25, 0.3) is 5.91 Å². The Kier molecular flexibility index (Phi) is 10.4. The van der Waals surface area contributed by atoms with Gasteiger partial charge < -0.3 is 26.2 Å². The molecule has 0 aromatic carbocycles. The van der Waals surface area contributed by atoms with Gasteiger partial charge in [-0.05, 0) is 80.5 Å². The van der Waals surface area contributed by atoms with Gasteiger partial charge >= 0.3 is 6.03 Å². The maximum atomic E-state index is 14.9. The Bertz CT molecular complexity index is 1460. The van der Waals surface area contributed by atoms with Crippen molar-refractivity contribution in [1.29, 1.82) is 0 Å². The predicted molar refractivity (Wildman–Crippen MR) is 189 cm³/mol. The molecule has 4 saturated carbocycles. The number of nitrogens with zero attached hydrogens (tertiary/aromatic N) is 1. The van der Waals surface area contributed by atoms with Gasteiger partial charge in [0, 0.05) is 12.6 Å². The fourth-order valence-corrected chi connectivity index (χ4v) is 12.5. The highest BCUT2D eigenvalue weighted by molar-refractivity contribution is 7.92. The number of Topliss-reactive ketones (excluding diaryl/α,β-unsaturated/α-hetero) is 1. The molecule has 0 radical (unpaired) electrons. The van der Waals surface area contributed by atoms with Crippen molar-refractivity contribution in [2.75, 3.05) is 12.3 Å². The first kappa shape index (κ1) is 37.1. The highest BCUT2D eigenvalue weighted by atomic mass is 32.2. The molecule has 13 heteroatoms. The van der Waals surface area contributed by atoms with E-state index in [4.69, 9.17) is 0 Å². The number of urea groups is 1. The number of amides is 5. The fourth-order valence-electron chi connectivity index (χ4n) is 10.1. The van der Waals surface area contributed by atoms with Crippen molar-refractivity contribution >= 4 is 39.4 Å². The smallest absolute Gasteiger partial charge is 0.315 e. The number of hydrogen-bond acceptors (Lipinski definition) is 7. The molecule has 0 aromatic rings. The second kappa shape index (κ2) is 14.0. The molecule has 2 heterocycles. The van der Waals surface area contributed by atoms with Gasteiger partial charge in [-0.2, -0.15) is 0 Å². The second-order valence-electron chi connectivity index (χ2n) is 17.3. The first-order chi connectivity index (χ1) is 23.6. The minimum atomic E-state index is -3.35. The van der Waals surface area contributed by atoms with Crippen LogP contribution >= 0.6 is 0 Å².